The van der Waals surface area contributed by atoms with Gasteiger partial charge < -0.3 is 9.84 Å². The number of nitrogens with zero attached hydrogens (tertiary/aromatic N) is 1. The SMILES string of the molecule is CC(CN1CC2CCC(C1)O2)C(O)c1ccccc1. The van der Waals surface area contributed by atoms with Gasteiger partial charge in [-0.05, 0) is 24.3 Å². The van der Waals surface area contributed by atoms with Crippen LogP contribution >= 0.6 is 0 Å². The molecule has 1 aromatic rings. The van der Waals surface area contributed by atoms with Crippen LogP contribution in [0.15, 0.2) is 30.3 Å². The van der Waals surface area contributed by atoms with Crippen LogP contribution < -0.4 is 0 Å². The average molecular weight is 261 g/mol. The third-order valence-electron chi connectivity index (χ3n) is 4.35. The van der Waals surface area contributed by atoms with E-state index in [0.717, 1.165) is 25.2 Å². The first-order chi connectivity index (χ1) is 9.22. The lowest BCUT2D eigenvalue weighted by Gasteiger charge is -2.34. The van der Waals surface area contributed by atoms with E-state index >= 15 is 0 Å². The highest BCUT2D eigenvalue weighted by Crippen LogP contribution is 2.28. The zero-order valence-corrected chi connectivity index (χ0v) is 11.5. The Bertz CT molecular complexity index is 396. The van der Waals surface area contributed by atoms with Crippen LogP contribution in [-0.2, 0) is 4.74 Å². The fourth-order valence-electron chi connectivity index (χ4n) is 3.33. The molecule has 2 aliphatic rings. The second-order valence-electron chi connectivity index (χ2n) is 6.01. The molecule has 2 heterocycles. The highest BCUT2D eigenvalue weighted by atomic mass is 16.5. The third-order valence-corrected chi connectivity index (χ3v) is 4.35. The molecule has 3 rings (SSSR count). The zero-order chi connectivity index (χ0) is 13.2. The van der Waals surface area contributed by atoms with Crippen molar-refractivity contribution in [3.05, 3.63) is 35.9 Å². The van der Waals surface area contributed by atoms with E-state index in [9.17, 15) is 5.11 Å². The number of hydrogen-bond donors (Lipinski definition) is 1. The normalized spacial score (nSPS) is 30.2. The highest BCUT2D eigenvalue weighted by Gasteiger charge is 2.34. The lowest BCUT2D eigenvalue weighted by Crippen LogP contribution is -2.44. The van der Waals surface area contributed by atoms with Gasteiger partial charge in [0.1, 0.15) is 0 Å². The van der Waals surface area contributed by atoms with Gasteiger partial charge in [0, 0.05) is 19.6 Å². The number of aliphatic hydroxyl groups excluding tert-OH is 1. The first-order valence-corrected chi connectivity index (χ1v) is 7.33. The number of likely N-dealkylation sites (tertiary alicyclic amines) is 1. The molecule has 3 nitrogen and oxygen atoms in total. The van der Waals surface area contributed by atoms with E-state index in [2.05, 4.69) is 11.8 Å². The Balaban J connectivity index is 1.57. The van der Waals surface area contributed by atoms with Gasteiger partial charge in [-0.3, -0.25) is 4.90 Å². The predicted octanol–water partition coefficient (Wildman–Crippen LogP) is 2.22. The maximum Gasteiger partial charge on any atom is 0.0827 e. The lowest BCUT2D eigenvalue weighted by atomic mass is 9.96. The van der Waals surface area contributed by atoms with Gasteiger partial charge in [-0.15, -0.1) is 0 Å². The Kier molecular flexibility index (Phi) is 3.87. The maximum absolute atomic E-state index is 10.4. The zero-order valence-electron chi connectivity index (χ0n) is 11.5. The Hall–Kier alpha value is -0.900. The van der Waals surface area contributed by atoms with Gasteiger partial charge in [-0.25, -0.2) is 0 Å². The minimum absolute atomic E-state index is 0.250. The molecule has 4 unspecified atom stereocenters. The number of ether oxygens (including phenoxy) is 1. The summed E-state index contributed by atoms with van der Waals surface area (Å²) < 4.78 is 5.85. The van der Waals surface area contributed by atoms with Crippen molar-refractivity contribution in [3.63, 3.8) is 0 Å². The van der Waals surface area contributed by atoms with Crippen LogP contribution in [0.2, 0.25) is 0 Å². The molecule has 2 saturated heterocycles. The van der Waals surface area contributed by atoms with Gasteiger partial charge in [0.25, 0.3) is 0 Å². The molecule has 1 N–H and O–H groups in total. The van der Waals surface area contributed by atoms with Gasteiger partial charge in [0.2, 0.25) is 0 Å². The van der Waals surface area contributed by atoms with Crippen LogP contribution in [0.5, 0.6) is 0 Å². The van der Waals surface area contributed by atoms with Crippen molar-refractivity contribution in [2.75, 3.05) is 19.6 Å². The summed E-state index contributed by atoms with van der Waals surface area (Å²) in [4.78, 5) is 2.46. The van der Waals surface area contributed by atoms with E-state index in [1.807, 2.05) is 30.3 Å². The molecule has 2 bridgehead atoms. The molecule has 104 valence electrons. The van der Waals surface area contributed by atoms with Gasteiger partial charge in [-0.1, -0.05) is 37.3 Å². The molecule has 0 aliphatic carbocycles. The lowest BCUT2D eigenvalue weighted by molar-refractivity contribution is -0.0482. The van der Waals surface area contributed by atoms with Gasteiger partial charge in [-0.2, -0.15) is 0 Å². The number of benzene rings is 1. The second kappa shape index (κ2) is 5.61. The van der Waals surface area contributed by atoms with E-state index in [1.165, 1.54) is 12.8 Å². The van der Waals surface area contributed by atoms with Crippen LogP contribution in [0.1, 0.15) is 31.4 Å². The van der Waals surface area contributed by atoms with Crippen LogP contribution in [0.4, 0.5) is 0 Å². The third kappa shape index (κ3) is 2.99. The van der Waals surface area contributed by atoms with Crippen molar-refractivity contribution in [1.82, 2.24) is 4.90 Å². The van der Waals surface area contributed by atoms with E-state index in [-0.39, 0.29) is 12.0 Å². The molecule has 0 saturated carbocycles. The summed E-state index contributed by atoms with van der Waals surface area (Å²) in [7, 11) is 0. The Morgan fingerprint density at radius 2 is 1.84 bits per heavy atom. The second-order valence-corrected chi connectivity index (χ2v) is 6.01. The summed E-state index contributed by atoms with van der Waals surface area (Å²) in [6, 6.07) is 9.97. The van der Waals surface area contributed by atoms with Gasteiger partial charge >= 0.3 is 0 Å². The molecule has 0 amide bonds. The number of morpholine rings is 1. The maximum atomic E-state index is 10.4. The Morgan fingerprint density at radius 1 is 1.21 bits per heavy atom. The first-order valence-electron chi connectivity index (χ1n) is 7.33. The molecule has 0 radical (unpaired) electrons. The summed E-state index contributed by atoms with van der Waals surface area (Å²) in [5, 5.41) is 10.4. The highest BCUT2D eigenvalue weighted by molar-refractivity contribution is 5.17. The van der Waals surface area contributed by atoms with Crippen LogP contribution in [0, 0.1) is 5.92 Å². The van der Waals surface area contributed by atoms with E-state index in [0.29, 0.717) is 12.2 Å². The summed E-state index contributed by atoms with van der Waals surface area (Å²) in [5.41, 5.74) is 1.02. The molecule has 19 heavy (non-hydrogen) atoms. The largest absolute Gasteiger partial charge is 0.388 e. The van der Waals surface area contributed by atoms with Crippen molar-refractivity contribution >= 4 is 0 Å². The molecule has 2 fully saturated rings. The molecule has 4 atom stereocenters. The van der Waals surface area contributed by atoms with Crippen molar-refractivity contribution in [3.8, 4) is 0 Å². The van der Waals surface area contributed by atoms with E-state index in [4.69, 9.17) is 4.74 Å². The number of fused-ring (bicyclic) bond motifs is 2. The summed E-state index contributed by atoms with van der Waals surface area (Å²) in [5.74, 6) is 0.250. The minimum Gasteiger partial charge on any atom is -0.388 e. The summed E-state index contributed by atoms with van der Waals surface area (Å²) in [6.07, 6.45) is 2.90. The van der Waals surface area contributed by atoms with Crippen molar-refractivity contribution in [2.45, 2.75) is 38.1 Å². The molecular formula is C16H23NO2. The minimum atomic E-state index is -0.373. The Morgan fingerprint density at radius 3 is 2.47 bits per heavy atom. The van der Waals surface area contributed by atoms with Crippen LogP contribution in [0.25, 0.3) is 0 Å². The number of hydrogen-bond acceptors (Lipinski definition) is 3. The smallest absolute Gasteiger partial charge is 0.0827 e. The quantitative estimate of drug-likeness (QED) is 0.902. The van der Waals surface area contributed by atoms with E-state index < -0.39 is 0 Å². The van der Waals surface area contributed by atoms with Gasteiger partial charge in [0.15, 0.2) is 0 Å². The average Bonchev–Trinajstić information content (AvgIpc) is 2.78. The Labute approximate surface area is 115 Å². The van der Waals surface area contributed by atoms with E-state index in [1.54, 1.807) is 0 Å². The molecular weight excluding hydrogens is 238 g/mol. The van der Waals surface area contributed by atoms with Crippen molar-refractivity contribution in [2.24, 2.45) is 5.92 Å². The number of rotatable bonds is 4. The van der Waals surface area contributed by atoms with Crippen LogP contribution in [-0.4, -0.2) is 41.8 Å². The summed E-state index contributed by atoms with van der Waals surface area (Å²) in [6.45, 7) is 5.14. The van der Waals surface area contributed by atoms with Crippen molar-refractivity contribution < 1.29 is 9.84 Å². The first kappa shape index (κ1) is 13.1. The molecule has 2 aliphatic heterocycles. The summed E-state index contributed by atoms with van der Waals surface area (Å²) >= 11 is 0. The molecule has 0 aromatic heterocycles. The fraction of sp³-hybridized carbons (Fsp3) is 0.625. The standard InChI is InChI=1S/C16H23NO2/c1-12(16(18)13-5-3-2-4-6-13)9-17-10-14-7-8-15(11-17)19-14/h2-6,12,14-16,18H,7-11H2,1H3. The fourth-order valence-corrected chi connectivity index (χ4v) is 3.33. The topological polar surface area (TPSA) is 32.7 Å². The molecule has 3 heteroatoms. The van der Waals surface area contributed by atoms with Crippen molar-refractivity contribution in [1.29, 1.82) is 0 Å². The molecule has 1 aromatic carbocycles. The van der Waals surface area contributed by atoms with Crippen LogP contribution in [0.3, 0.4) is 0 Å². The van der Waals surface area contributed by atoms with Gasteiger partial charge in [0.05, 0.1) is 18.3 Å². The molecule has 0 spiro atoms. The number of aliphatic hydroxyl groups is 1. The monoisotopic (exact) mass is 261 g/mol. The predicted molar refractivity (Wildman–Crippen MR) is 74.9 cm³/mol.